The zero-order valence-electron chi connectivity index (χ0n) is 7.86. The maximum Gasteiger partial charge on any atom is 0.416 e. The third-order valence-electron chi connectivity index (χ3n) is 1.90. The van der Waals surface area contributed by atoms with Crippen molar-refractivity contribution in [2.24, 2.45) is 5.73 Å². The number of ether oxygens (including phenoxy) is 1. The summed E-state index contributed by atoms with van der Waals surface area (Å²) in [6, 6.07) is 1.35. The van der Waals surface area contributed by atoms with Crippen LogP contribution in [0.4, 0.5) is 17.6 Å². The van der Waals surface area contributed by atoms with Gasteiger partial charge in [-0.05, 0) is 17.7 Å². The molecule has 0 spiro atoms. The third kappa shape index (κ3) is 2.38. The second-order valence-electron chi connectivity index (χ2n) is 2.85. The molecule has 0 atom stereocenters. The van der Waals surface area contributed by atoms with Gasteiger partial charge in [-0.15, -0.1) is 0 Å². The smallest absolute Gasteiger partial charge is 0.416 e. The Kier molecular flexibility index (Phi) is 3.18. The average Bonchev–Trinajstić information content (AvgIpc) is 2.16. The Bertz CT molecular complexity index is 362. The molecule has 2 nitrogen and oxygen atoms in total. The molecule has 0 fully saturated rings. The Morgan fingerprint density at radius 1 is 1.33 bits per heavy atom. The monoisotopic (exact) mass is 223 g/mol. The van der Waals surface area contributed by atoms with E-state index < -0.39 is 17.6 Å². The Balaban J connectivity index is 3.34. The topological polar surface area (TPSA) is 35.2 Å². The minimum absolute atomic E-state index is 0.194. The lowest BCUT2D eigenvalue weighted by Crippen LogP contribution is -2.13. The van der Waals surface area contributed by atoms with Crippen molar-refractivity contribution in [2.45, 2.75) is 12.7 Å². The van der Waals surface area contributed by atoms with Crippen molar-refractivity contribution in [2.75, 3.05) is 7.11 Å². The van der Waals surface area contributed by atoms with Gasteiger partial charge in [-0.25, -0.2) is 4.39 Å². The number of methoxy groups -OCH3 is 1. The van der Waals surface area contributed by atoms with Crippen LogP contribution in [0.3, 0.4) is 0 Å². The summed E-state index contributed by atoms with van der Waals surface area (Å²) in [5.41, 5.74) is 3.88. The second-order valence-corrected chi connectivity index (χ2v) is 2.85. The molecule has 0 aliphatic heterocycles. The molecular formula is C9H9F4NO. The maximum absolute atomic E-state index is 13.0. The van der Waals surface area contributed by atoms with Crippen LogP contribution in [0, 0.1) is 5.82 Å². The highest BCUT2D eigenvalue weighted by Crippen LogP contribution is 2.35. The molecule has 0 bridgehead atoms. The van der Waals surface area contributed by atoms with Crippen molar-refractivity contribution in [3.8, 4) is 5.75 Å². The van der Waals surface area contributed by atoms with Crippen LogP contribution in [-0.4, -0.2) is 7.11 Å². The number of hydrogen-bond acceptors (Lipinski definition) is 2. The predicted molar refractivity (Wildman–Crippen MR) is 45.8 cm³/mol. The van der Waals surface area contributed by atoms with Crippen molar-refractivity contribution in [3.63, 3.8) is 0 Å². The number of nitrogens with two attached hydrogens (primary N) is 1. The highest BCUT2D eigenvalue weighted by atomic mass is 19.4. The van der Waals surface area contributed by atoms with Gasteiger partial charge in [0.05, 0.1) is 12.7 Å². The Hall–Kier alpha value is -1.30. The molecule has 1 rings (SSSR count). The van der Waals surface area contributed by atoms with Crippen LogP contribution in [0.15, 0.2) is 12.1 Å². The number of benzene rings is 1. The van der Waals surface area contributed by atoms with E-state index in [4.69, 9.17) is 5.73 Å². The Morgan fingerprint density at radius 3 is 2.33 bits per heavy atom. The van der Waals surface area contributed by atoms with E-state index in [9.17, 15) is 17.6 Å². The van der Waals surface area contributed by atoms with Gasteiger partial charge in [0.1, 0.15) is 0 Å². The third-order valence-corrected chi connectivity index (χ3v) is 1.90. The first-order chi connectivity index (χ1) is 6.90. The van der Waals surface area contributed by atoms with E-state index in [0.717, 1.165) is 6.07 Å². The summed E-state index contributed by atoms with van der Waals surface area (Å²) in [7, 11) is 1.17. The van der Waals surface area contributed by atoms with Crippen LogP contribution in [0.25, 0.3) is 0 Å². The molecule has 0 aliphatic rings. The fourth-order valence-corrected chi connectivity index (χ4v) is 1.18. The van der Waals surface area contributed by atoms with E-state index in [1.165, 1.54) is 7.11 Å². The van der Waals surface area contributed by atoms with Gasteiger partial charge in [0, 0.05) is 6.54 Å². The molecule has 84 valence electrons. The van der Waals surface area contributed by atoms with E-state index in [0.29, 0.717) is 6.07 Å². The van der Waals surface area contributed by atoms with Crippen LogP contribution in [-0.2, 0) is 12.7 Å². The van der Waals surface area contributed by atoms with E-state index >= 15 is 0 Å². The fourth-order valence-electron chi connectivity index (χ4n) is 1.18. The van der Waals surface area contributed by atoms with Gasteiger partial charge >= 0.3 is 6.18 Å². The molecule has 0 saturated heterocycles. The molecule has 1 aromatic rings. The van der Waals surface area contributed by atoms with Crippen molar-refractivity contribution < 1.29 is 22.3 Å². The highest BCUT2D eigenvalue weighted by Gasteiger charge is 2.34. The predicted octanol–water partition coefficient (Wildman–Crippen LogP) is 2.31. The van der Waals surface area contributed by atoms with E-state index in [1.54, 1.807) is 0 Å². The maximum atomic E-state index is 13.0. The summed E-state index contributed by atoms with van der Waals surface area (Å²) in [6.45, 7) is -0.328. The molecule has 0 aliphatic carbocycles. The molecular weight excluding hydrogens is 214 g/mol. The van der Waals surface area contributed by atoms with Crippen molar-refractivity contribution in [1.82, 2.24) is 0 Å². The van der Waals surface area contributed by atoms with Crippen LogP contribution in [0.1, 0.15) is 11.1 Å². The second kappa shape index (κ2) is 4.06. The molecule has 0 radical (unpaired) electrons. The van der Waals surface area contributed by atoms with Gasteiger partial charge in [0.2, 0.25) is 0 Å². The van der Waals surface area contributed by atoms with E-state index in [2.05, 4.69) is 4.74 Å². The van der Waals surface area contributed by atoms with E-state index in [-0.39, 0.29) is 17.9 Å². The summed E-state index contributed by atoms with van der Waals surface area (Å²) < 4.78 is 54.8. The summed E-state index contributed by atoms with van der Waals surface area (Å²) in [5, 5.41) is 0. The molecule has 15 heavy (non-hydrogen) atoms. The zero-order chi connectivity index (χ0) is 11.6. The van der Waals surface area contributed by atoms with Gasteiger partial charge in [-0.2, -0.15) is 13.2 Å². The van der Waals surface area contributed by atoms with Crippen LogP contribution in [0.2, 0.25) is 0 Å². The SMILES string of the molecule is COc1cc(CN)c(C(F)(F)F)cc1F. The zero-order valence-corrected chi connectivity index (χ0v) is 7.86. The van der Waals surface area contributed by atoms with Gasteiger partial charge < -0.3 is 10.5 Å². The van der Waals surface area contributed by atoms with Crippen molar-refractivity contribution in [1.29, 1.82) is 0 Å². The summed E-state index contributed by atoms with van der Waals surface area (Å²) in [6.07, 6.45) is -4.61. The van der Waals surface area contributed by atoms with Crippen molar-refractivity contribution >= 4 is 0 Å². The molecule has 0 amide bonds. The Morgan fingerprint density at radius 2 is 1.93 bits per heavy atom. The first kappa shape index (κ1) is 11.8. The lowest BCUT2D eigenvalue weighted by molar-refractivity contribution is -0.138. The first-order valence-corrected chi connectivity index (χ1v) is 4.03. The van der Waals surface area contributed by atoms with Gasteiger partial charge in [0.25, 0.3) is 0 Å². The highest BCUT2D eigenvalue weighted by molar-refractivity contribution is 5.38. The molecule has 6 heteroatoms. The Labute approximate surface area is 83.6 Å². The molecule has 2 N–H and O–H groups in total. The standard InChI is InChI=1S/C9H9F4NO/c1-15-8-2-5(4-14)6(3-7(8)10)9(11,12)13/h2-3H,4,14H2,1H3. The largest absolute Gasteiger partial charge is 0.494 e. The lowest BCUT2D eigenvalue weighted by atomic mass is 10.1. The van der Waals surface area contributed by atoms with Crippen molar-refractivity contribution in [3.05, 3.63) is 29.1 Å². The van der Waals surface area contributed by atoms with E-state index in [1.807, 2.05) is 0 Å². The van der Waals surface area contributed by atoms with Gasteiger partial charge in [-0.1, -0.05) is 0 Å². The molecule has 0 heterocycles. The first-order valence-electron chi connectivity index (χ1n) is 4.03. The summed E-state index contributed by atoms with van der Waals surface area (Å²) in [4.78, 5) is 0. The number of rotatable bonds is 2. The van der Waals surface area contributed by atoms with Crippen LogP contribution in [0.5, 0.6) is 5.75 Å². The summed E-state index contributed by atoms with van der Waals surface area (Å²) in [5.74, 6) is -1.30. The minimum Gasteiger partial charge on any atom is -0.494 e. The molecule has 0 unspecified atom stereocenters. The van der Waals surface area contributed by atoms with Crippen LogP contribution < -0.4 is 10.5 Å². The van der Waals surface area contributed by atoms with Crippen LogP contribution >= 0.6 is 0 Å². The minimum atomic E-state index is -4.61. The van der Waals surface area contributed by atoms with Gasteiger partial charge in [0.15, 0.2) is 11.6 Å². The molecule has 1 aromatic carbocycles. The molecule has 0 aromatic heterocycles. The number of alkyl halides is 3. The lowest BCUT2D eigenvalue weighted by Gasteiger charge is -2.13. The van der Waals surface area contributed by atoms with Gasteiger partial charge in [-0.3, -0.25) is 0 Å². The fraction of sp³-hybridized carbons (Fsp3) is 0.333. The summed E-state index contributed by atoms with van der Waals surface area (Å²) >= 11 is 0. The number of halogens is 4. The molecule has 0 saturated carbocycles. The quantitative estimate of drug-likeness (QED) is 0.781. The number of hydrogen-bond donors (Lipinski definition) is 1. The average molecular weight is 223 g/mol. The normalized spacial score (nSPS) is 11.6.